The number of rotatable bonds is 11. The van der Waals surface area contributed by atoms with Gasteiger partial charge in [0.2, 0.25) is 6.10 Å². The maximum atomic E-state index is 14.6. The number of fused-ring (bicyclic) bond motifs is 5. The van der Waals surface area contributed by atoms with Crippen LogP contribution in [0.4, 0.5) is 0 Å². The van der Waals surface area contributed by atoms with Gasteiger partial charge in [0, 0.05) is 18.4 Å². The second-order valence-corrected chi connectivity index (χ2v) is 17.6. The number of nitrogens with zero attached hydrogens (tertiary/aromatic N) is 1. The average molecular weight is 735 g/mol. The first-order valence-electron chi connectivity index (χ1n) is 19.7. The first-order valence-corrected chi connectivity index (χ1v) is 19.7. The number of Topliss-reactive ketones (excluding diaryl/α,β-unsaturated/α-hetero) is 1. The van der Waals surface area contributed by atoms with Crippen molar-refractivity contribution < 1.29 is 44.0 Å². The van der Waals surface area contributed by atoms with E-state index in [1.807, 2.05) is 26.8 Å². The molecule has 0 spiro atoms. The smallest absolute Gasteiger partial charge is 0.350 e. The standard InChI is InChI=1S/C41H59BN2O9/c1-24-28(22-41(51)25(2)35-39(5)17-15-27(39)21-29(46)40(35,6)36(49)33(48)31(24)38(41,3)4)52-37(50)34(32(43-42-23-45)26-13-9-7-10-14-26)53-30(47)16-20-44-18-11-8-12-19-44/h7,9-10,13-14,23,25,27-29,32-35,42-43,46,48,51H,8,11-12,15-22H2,1-6H3/t25-,27+,28-,29-,32-,33+,34+,35+,39+,40+,41+/m0/s1. The highest BCUT2D eigenvalue weighted by Crippen LogP contribution is 2.70. The van der Waals surface area contributed by atoms with Gasteiger partial charge in [-0.2, -0.15) is 0 Å². The minimum Gasteiger partial charge on any atom is -0.455 e. The quantitative estimate of drug-likeness (QED) is 0.114. The molecule has 1 heterocycles. The summed E-state index contributed by atoms with van der Waals surface area (Å²) in [5.74, 6) is -2.74. The van der Waals surface area contributed by atoms with Crippen molar-refractivity contribution in [2.24, 2.45) is 34.0 Å². The van der Waals surface area contributed by atoms with E-state index >= 15 is 0 Å². The number of ketones is 1. The van der Waals surface area contributed by atoms with Crippen molar-refractivity contribution >= 4 is 31.3 Å². The zero-order valence-electron chi connectivity index (χ0n) is 32.3. The molecule has 1 aromatic rings. The molecule has 1 aliphatic heterocycles. The molecule has 0 amide bonds. The van der Waals surface area contributed by atoms with Crippen molar-refractivity contribution in [3.05, 3.63) is 47.0 Å². The summed E-state index contributed by atoms with van der Waals surface area (Å²) in [5.41, 5.74) is -2.99. The van der Waals surface area contributed by atoms with Crippen molar-refractivity contribution in [2.45, 2.75) is 129 Å². The number of nitrogens with one attached hydrogen (secondary N) is 1. The number of aliphatic hydroxyl groups excluding tert-OH is 2. The van der Waals surface area contributed by atoms with Gasteiger partial charge in [-0.1, -0.05) is 64.4 Å². The van der Waals surface area contributed by atoms with Crippen LogP contribution < -0.4 is 5.23 Å². The molecule has 11 nitrogen and oxygen atoms in total. The Kier molecular flexibility index (Phi) is 11.2. The summed E-state index contributed by atoms with van der Waals surface area (Å²) in [6.45, 7) is 13.5. The number of piperidine rings is 1. The highest BCUT2D eigenvalue weighted by atomic mass is 16.6. The Bertz CT molecular complexity index is 1600. The Labute approximate surface area is 314 Å². The van der Waals surface area contributed by atoms with Crippen LogP contribution in [0.1, 0.15) is 105 Å². The van der Waals surface area contributed by atoms with Crippen LogP contribution >= 0.6 is 0 Å². The number of ether oxygens (including phenoxy) is 2. The maximum Gasteiger partial charge on any atom is 0.350 e. The van der Waals surface area contributed by atoms with Crippen molar-refractivity contribution in [1.29, 1.82) is 0 Å². The van der Waals surface area contributed by atoms with Crippen LogP contribution in [0.25, 0.3) is 0 Å². The van der Waals surface area contributed by atoms with Crippen LogP contribution in [-0.4, -0.2) is 101 Å². The first-order chi connectivity index (χ1) is 25.0. The molecule has 4 N–H and O–H groups in total. The zero-order valence-corrected chi connectivity index (χ0v) is 32.3. The molecule has 5 aliphatic rings. The van der Waals surface area contributed by atoms with Gasteiger partial charge < -0.3 is 39.7 Å². The molecule has 0 unspecified atom stereocenters. The molecule has 11 atom stereocenters. The fourth-order valence-corrected chi connectivity index (χ4v) is 11.5. The summed E-state index contributed by atoms with van der Waals surface area (Å²) in [4.78, 5) is 56.4. The highest BCUT2D eigenvalue weighted by Gasteiger charge is 2.72. The maximum absolute atomic E-state index is 14.6. The number of carbonyl (C=O) groups excluding carboxylic acids is 4. The number of carbonyl (C=O) groups is 4. The third-order valence-corrected chi connectivity index (χ3v) is 14.7. The predicted octanol–water partition coefficient (Wildman–Crippen LogP) is 3.42. The van der Waals surface area contributed by atoms with Gasteiger partial charge in [-0.3, -0.25) is 9.59 Å². The lowest BCUT2D eigenvalue weighted by atomic mass is 9.36. The fourth-order valence-electron chi connectivity index (χ4n) is 11.5. The minimum atomic E-state index is -1.65. The van der Waals surface area contributed by atoms with Gasteiger partial charge in [0.25, 0.3) is 7.41 Å². The Balaban J connectivity index is 1.36. The van der Waals surface area contributed by atoms with Crippen molar-refractivity contribution in [1.82, 2.24) is 10.1 Å². The fraction of sp³-hybridized carbons (Fsp3) is 0.707. The molecular weight excluding hydrogens is 675 g/mol. The van der Waals surface area contributed by atoms with Crippen LogP contribution in [-0.2, 0) is 28.7 Å². The van der Waals surface area contributed by atoms with Gasteiger partial charge in [0.05, 0.1) is 35.8 Å². The number of hydrogen-bond acceptors (Lipinski definition) is 11. The number of benzene rings is 1. The number of esters is 2. The summed E-state index contributed by atoms with van der Waals surface area (Å²) < 4.78 is 12.3. The van der Waals surface area contributed by atoms with E-state index < -0.39 is 76.4 Å². The van der Waals surface area contributed by atoms with E-state index in [0.717, 1.165) is 45.2 Å². The second kappa shape index (κ2) is 15.0. The van der Waals surface area contributed by atoms with Gasteiger partial charge in [-0.15, -0.1) is 0 Å². The van der Waals surface area contributed by atoms with Crippen LogP contribution in [0.15, 0.2) is 41.5 Å². The molecular formula is C41H59BN2O9. The molecule has 4 aliphatic carbocycles. The summed E-state index contributed by atoms with van der Waals surface area (Å²) in [5, 5.41) is 39.8. The molecule has 53 heavy (non-hydrogen) atoms. The van der Waals surface area contributed by atoms with Gasteiger partial charge in [-0.05, 0) is 98.9 Å². The number of hydrogen-bond donors (Lipinski definition) is 4. The van der Waals surface area contributed by atoms with Crippen LogP contribution in [0.2, 0.25) is 0 Å². The zero-order chi connectivity index (χ0) is 38.5. The topological polar surface area (TPSA) is 163 Å². The summed E-state index contributed by atoms with van der Waals surface area (Å²) >= 11 is 0. The van der Waals surface area contributed by atoms with Crippen molar-refractivity contribution in [3.8, 4) is 0 Å². The van der Waals surface area contributed by atoms with Gasteiger partial charge in [0.1, 0.15) is 12.2 Å². The first kappa shape index (κ1) is 39.8. The summed E-state index contributed by atoms with van der Waals surface area (Å²) in [6.07, 6.45) is 1.04. The van der Waals surface area contributed by atoms with Gasteiger partial charge >= 0.3 is 11.9 Å². The molecule has 0 aromatic heterocycles. The molecule has 1 saturated heterocycles. The second-order valence-electron chi connectivity index (χ2n) is 17.6. The van der Waals surface area contributed by atoms with Gasteiger partial charge in [-0.25, -0.2) is 4.79 Å². The molecule has 6 rings (SSSR count). The molecule has 1 aromatic carbocycles. The average Bonchev–Trinajstić information content (AvgIpc) is 3.13. The summed E-state index contributed by atoms with van der Waals surface area (Å²) in [6, 6.07) is 8.01. The Hall–Kier alpha value is -2.90. The van der Waals surface area contributed by atoms with Gasteiger partial charge in [0.15, 0.2) is 5.78 Å². The van der Waals surface area contributed by atoms with Crippen molar-refractivity contribution in [2.75, 3.05) is 19.6 Å². The SMILES string of the molecule is CC1=C2[C@@H](O)C(=O)[C@@]3(C)[C@H]([C@H](C)[C@](O)(C[C@@H]1OC(=O)[C@H](OC(=O)CCN1CCCCC1)[C@@H](NBC=O)c1ccccc1)C2(C)C)[C@]1(C)CC[C@@H]1C[C@@H]3O. The third kappa shape index (κ3) is 6.64. The van der Waals surface area contributed by atoms with E-state index in [0.29, 0.717) is 30.3 Å². The minimum absolute atomic E-state index is 0.0278. The molecule has 4 fully saturated rings. The highest BCUT2D eigenvalue weighted by molar-refractivity contribution is 6.64. The van der Waals surface area contributed by atoms with Crippen LogP contribution in [0.3, 0.4) is 0 Å². The van der Waals surface area contributed by atoms with Crippen LogP contribution in [0, 0.1) is 34.0 Å². The predicted molar refractivity (Wildman–Crippen MR) is 200 cm³/mol. The number of likely N-dealkylation sites (tertiary alicyclic amines) is 1. The Morgan fingerprint density at radius 2 is 1.77 bits per heavy atom. The van der Waals surface area contributed by atoms with Crippen LogP contribution in [0.5, 0.6) is 0 Å². The largest absolute Gasteiger partial charge is 0.455 e. The lowest BCUT2D eigenvalue weighted by molar-refractivity contribution is -0.246. The molecule has 0 radical (unpaired) electrons. The molecule has 12 heteroatoms. The molecule has 290 valence electrons. The molecule has 3 saturated carbocycles. The van der Waals surface area contributed by atoms with E-state index in [-0.39, 0.29) is 37.2 Å². The van der Waals surface area contributed by atoms with E-state index in [1.165, 1.54) is 0 Å². The van der Waals surface area contributed by atoms with E-state index in [1.54, 1.807) is 38.1 Å². The number of aliphatic hydroxyl groups is 3. The summed E-state index contributed by atoms with van der Waals surface area (Å²) in [7, 11) is -0.118. The van der Waals surface area contributed by atoms with E-state index in [2.05, 4.69) is 17.1 Å². The lowest BCUT2D eigenvalue weighted by Gasteiger charge is -2.69. The lowest BCUT2D eigenvalue weighted by Crippen LogP contribution is -2.72. The van der Waals surface area contributed by atoms with E-state index in [9.17, 15) is 34.5 Å². The van der Waals surface area contributed by atoms with Crippen molar-refractivity contribution in [3.63, 3.8) is 0 Å². The monoisotopic (exact) mass is 734 g/mol. The third-order valence-electron chi connectivity index (χ3n) is 14.7. The normalized spacial score (nSPS) is 37.8. The Morgan fingerprint density at radius 1 is 1.09 bits per heavy atom. The van der Waals surface area contributed by atoms with E-state index in [4.69, 9.17) is 9.47 Å². The molecule has 2 bridgehead atoms. The Morgan fingerprint density at radius 3 is 2.40 bits per heavy atom.